The summed E-state index contributed by atoms with van der Waals surface area (Å²) in [5, 5.41) is 10.7. The number of carbonyl (C=O) groups excluding carboxylic acids is 1. The van der Waals surface area contributed by atoms with Gasteiger partial charge in [0.25, 0.3) is 0 Å². The van der Waals surface area contributed by atoms with Crippen molar-refractivity contribution in [1.29, 1.82) is 0 Å². The van der Waals surface area contributed by atoms with E-state index in [4.69, 9.17) is 14.2 Å². The van der Waals surface area contributed by atoms with Crippen molar-refractivity contribution in [1.82, 2.24) is 9.80 Å². The Kier molecular flexibility index (Phi) is 8.76. The molecule has 1 fully saturated rings. The predicted molar refractivity (Wildman–Crippen MR) is 170 cm³/mol. The molecule has 2 heterocycles. The second kappa shape index (κ2) is 13.0. The molecule has 45 heavy (non-hydrogen) atoms. The predicted octanol–water partition coefficient (Wildman–Crippen LogP) is 6.11. The lowest BCUT2D eigenvalue weighted by molar-refractivity contribution is -0.144. The minimum atomic E-state index is -0.927. The van der Waals surface area contributed by atoms with Gasteiger partial charge in [0.05, 0.1) is 19.6 Å². The minimum Gasteiger partial charge on any atom is -0.497 e. The third kappa shape index (κ3) is 6.24. The molecule has 8 nitrogen and oxygen atoms in total. The summed E-state index contributed by atoms with van der Waals surface area (Å²) < 4.78 is 16.8. The summed E-state index contributed by atoms with van der Waals surface area (Å²) in [6.45, 7) is 5.51. The van der Waals surface area contributed by atoms with E-state index in [9.17, 15) is 14.7 Å². The Hall–Kier alpha value is -4.82. The number of benzene rings is 4. The molecule has 4 aromatic carbocycles. The van der Waals surface area contributed by atoms with E-state index in [0.717, 1.165) is 33.4 Å². The number of ether oxygens (including phenoxy) is 3. The average molecular weight is 607 g/mol. The number of aryl methyl sites for hydroxylation is 2. The van der Waals surface area contributed by atoms with Gasteiger partial charge in [0, 0.05) is 37.2 Å². The normalized spacial score (nSPS) is 19.0. The number of hydrogen-bond acceptors (Lipinski definition) is 6. The van der Waals surface area contributed by atoms with E-state index < -0.39 is 23.8 Å². The monoisotopic (exact) mass is 606 g/mol. The van der Waals surface area contributed by atoms with E-state index in [1.54, 1.807) is 7.11 Å². The number of para-hydroxylation sites is 1. The SMILES string of the molecule is COc1ccc([C@H]2[C@H](C(=O)O)[C@@H](c3cccc4c3OCO4)CN2CC(=O)N(Cc2ccccc2C)Cc2ccccc2C)cc1. The average Bonchev–Trinajstić information content (AvgIpc) is 3.68. The van der Waals surface area contributed by atoms with Crippen LogP contribution in [0.5, 0.6) is 17.2 Å². The summed E-state index contributed by atoms with van der Waals surface area (Å²) in [5.74, 6) is -0.391. The van der Waals surface area contributed by atoms with Gasteiger partial charge in [-0.2, -0.15) is 0 Å². The van der Waals surface area contributed by atoms with Crippen molar-refractivity contribution in [3.63, 3.8) is 0 Å². The maximum absolute atomic E-state index is 14.4. The van der Waals surface area contributed by atoms with Crippen LogP contribution in [0.2, 0.25) is 0 Å². The van der Waals surface area contributed by atoms with Crippen molar-refractivity contribution in [2.75, 3.05) is 27.0 Å². The van der Waals surface area contributed by atoms with Crippen molar-refractivity contribution in [2.45, 2.75) is 38.9 Å². The number of carboxylic acids is 1. The third-order valence-electron chi connectivity index (χ3n) is 9.10. The largest absolute Gasteiger partial charge is 0.497 e. The molecule has 4 aromatic rings. The molecule has 3 atom stereocenters. The topological polar surface area (TPSA) is 88.5 Å². The second-order valence-electron chi connectivity index (χ2n) is 11.8. The highest BCUT2D eigenvalue weighted by Gasteiger charge is 2.49. The Morgan fingerprint density at radius 1 is 0.867 bits per heavy atom. The highest BCUT2D eigenvalue weighted by Crippen LogP contribution is 2.50. The van der Waals surface area contributed by atoms with Crippen LogP contribution in [0.15, 0.2) is 91.0 Å². The number of fused-ring (bicyclic) bond motifs is 1. The molecule has 0 aromatic heterocycles. The lowest BCUT2D eigenvalue weighted by Gasteiger charge is -2.30. The van der Waals surface area contributed by atoms with Gasteiger partial charge in [0.1, 0.15) is 5.75 Å². The number of carboxylic acid groups (broad SMARTS) is 1. The zero-order valence-electron chi connectivity index (χ0n) is 25.8. The summed E-state index contributed by atoms with van der Waals surface area (Å²) in [6.07, 6.45) is 0. The molecule has 1 amide bonds. The Balaban J connectivity index is 1.37. The van der Waals surface area contributed by atoms with Crippen molar-refractivity contribution in [3.05, 3.63) is 124 Å². The molecule has 0 unspecified atom stereocenters. The summed E-state index contributed by atoms with van der Waals surface area (Å²) in [6, 6.07) is 28.7. The molecule has 2 aliphatic heterocycles. The van der Waals surface area contributed by atoms with Gasteiger partial charge in [0.15, 0.2) is 11.5 Å². The number of hydrogen-bond donors (Lipinski definition) is 1. The number of methoxy groups -OCH3 is 1. The first-order valence-corrected chi connectivity index (χ1v) is 15.2. The fraction of sp³-hybridized carbons (Fsp3) is 0.297. The summed E-state index contributed by atoms with van der Waals surface area (Å²) in [4.78, 5) is 31.4. The van der Waals surface area contributed by atoms with Gasteiger partial charge in [-0.3, -0.25) is 14.5 Å². The number of nitrogens with zero attached hydrogens (tertiary/aromatic N) is 2. The molecule has 0 saturated carbocycles. The summed E-state index contributed by atoms with van der Waals surface area (Å²) in [7, 11) is 1.60. The number of rotatable bonds is 10. The van der Waals surface area contributed by atoms with Crippen molar-refractivity contribution < 1.29 is 28.9 Å². The first-order valence-electron chi connectivity index (χ1n) is 15.2. The van der Waals surface area contributed by atoms with Gasteiger partial charge in [-0.05, 0) is 59.9 Å². The maximum atomic E-state index is 14.4. The van der Waals surface area contributed by atoms with E-state index in [0.29, 0.717) is 36.9 Å². The molecule has 8 heteroatoms. The van der Waals surface area contributed by atoms with Crippen molar-refractivity contribution >= 4 is 11.9 Å². The molecule has 1 N–H and O–H groups in total. The van der Waals surface area contributed by atoms with Crippen LogP contribution in [-0.4, -0.2) is 53.8 Å². The van der Waals surface area contributed by atoms with E-state index in [-0.39, 0.29) is 19.2 Å². The van der Waals surface area contributed by atoms with Gasteiger partial charge >= 0.3 is 5.97 Å². The molecule has 0 radical (unpaired) electrons. The van der Waals surface area contributed by atoms with Crippen LogP contribution in [-0.2, 0) is 22.7 Å². The lowest BCUT2D eigenvalue weighted by atomic mass is 9.82. The smallest absolute Gasteiger partial charge is 0.309 e. The highest BCUT2D eigenvalue weighted by molar-refractivity contribution is 5.79. The first kappa shape index (κ1) is 30.2. The molecule has 0 bridgehead atoms. The quantitative estimate of drug-likeness (QED) is 0.233. The third-order valence-corrected chi connectivity index (χ3v) is 9.10. The van der Waals surface area contributed by atoms with Gasteiger partial charge in [-0.25, -0.2) is 0 Å². The van der Waals surface area contributed by atoms with E-state index in [1.165, 1.54) is 0 Å². The van der Waals surface area contributed by atoms with Crippen LogP contribution < -0.4 is 14.2 Å². The molecule has 6 rings (SSSR count). The van der Waals surface area contributed by atoms with Crippen LogP contribution in [0.1, 0.15) is 45.3 Å². The maximum Gasteiger partial charge on any atom is 0.309 e. The second-order valence-corrected chi connectivity index (χ2v) is 11.8. The Labute approximate surface area is 263 Å². The fourth-order valence-electron chi connectivity index (χ4n) is 6.65. The number of likely N-dealkylation sites (tertiary alicyclic amines) is 1. The Morgan fingerprint density at radius 2 is 1.51 bits per heavy atom. The standard InChI is InChI=1S/C37H38N2O6/c1-24-9-4-6-11-27(24)19-38(20-28-12-7-5-10-25(28)2)33(40)22-39-21-31(30-13-8-14-32-36(30)45-23-44-32)34(37(41)42)35(39)26-15-17-29(43-3)18-16-26/h4-18,31,34-35H,19-23H2,1-3H3,(H,41,42)/t31-,34-,35+/m1/s1. The van der Waals surface area contributed by atoms with Crippen LogP contribution in [0.4, 0.5) is 0 Å². The van der Waals surface area contributed by atoms with E-state index in [2.05, 4.69) is 38.1 Å². The van der Waals surface area contributed by atoms with Crippen LogP contribution in [0, 0.1) is 19.8 Å². The molecule has 0 spiro atoms. The number of amides is 1. The Morgan fingerprint density at radius 3 is 2.11 bits per heavy atom. The number of carbonyl (C=O) groups is 2. The summed E-state index contributed by atoms with van der Waals surface area (Å²) in [5.41, 5.74) is 5.97. The molecule has 232 valence electrons. The fourth-order valence-corrected chi connectivity index (χ4v) is 6.65. The van der Waals surface area contributed by atoms with Gasteiger partial charge in [-0.1, -0.05) is 72.8 Å². The van der Waals surface area contributed by atoms with E-state index >= 15 is 0 Å². The number of aliphatic carboxylic acids is 1. The van der Waals surface area contributed by atoms with Crippen molar-refractivity contribution in [3.8, 4) is 17.2 Å². The van der Waals surface area contributed by atoms with Gasteiger partial charge in [-0.15, -0.1) is 0 Å². The highest BCUT2D eigenvalue weighted by atomic mass is 16.7. The Bertz CT molecular complexity index is 1640. The molecular weight excluding hydrogens is 568 g/mol. The summed E-state index contributed by atoms with van der Waals surface area (Å²) >= 11 is 0. The van der Waals surface area contributed by atoms with Crippen LogP contribution in [0.25, 0.3) is 0 Å². The van der Waals surface area contributed by atoms with Gasteiger partial charge in [0.2, 0.25) is 12.7 Å². The lowest BCUT2D eigenvalue weighted by Crippen LogP contribution is -2.40. The van der Waals surface area contributed by atoms with Crippen molar-refractivity contribution in [2.24, 2.45) is 5.92 Å². The zero-order valence-corrected chi connectivity index (χ0v) is 25.8. The van der Waals surface area contributed by atoms with Crippen LogP contribution >= 0.6 is 0 Å². The molecule has 1 saturated heterocycles. The minimum absolute atomic E-state index is 0.0567. The first-order chi connectivity index (χ1) is 21.8. The molecule has 2 aliphatic rings. The van der Waals surface area contributed by atoms with Crippen LogP contribution in [0.3, 0.4) is 0 Å². The zero-order chi connectivity index (χ0) is 31.5. The molecule has 0 aliphatic carbocycles. The van der Waals surface area contributed by atoms with E-state index in [1.807, 2.05) is 76.5 Å². The van der Waals surface area contributed by atoms with Gasteiger partial charge < -0.3 is 24.2 Å². The molecular formula is C37H38N2O6.